The van der Waals surface area contributed by atoms with E-state index in [-0.39, 0.29) is 0 Å². The van der Waals surface area contributed by atoms with Crippen LogP contribution in [0.2, 0.25) is 0 Å². The Hall–Kier alpha value is -1.75. The number of methoxy groups -OCH3 is 1. The molecule has 0 heterocycles. The summed E-state index contributed by atoms with van der Waals surface area (Å²) in [5, 5.41) is 8.92. The van der Waals surface area contributed by atoms with E-state index in [2.05, 4.69) is 24.3 Å². The monoisotopic (exact) mass is 283 g/mol. The van der Waals surface area contributed by atoms with Crippen LogP contribution in [-0.2, 0) is 6.42 Å². The van der Waals surface area contributed by atoms with Crippen LogP contribution in [0.5, 0.6) is 5.75 Å². The van der Waals surface area contributed by atoms with Crippen molar-refractivity contribution in [1.82, 2.24) is 0 Å². The Labute approximate surface area is 128 Å². The number of nitrogens with zero attached hydrogens (tertiary/aromatic N) is 1. The SMILES string of the molecule is COc1ccc(CC(CCC#N)C2=CCCCCC2)cc1. The fourth-order valence-electron chi connectivity index (χ4n) is 3.11. The second kappa shape index (κ2) is 8.52. The zero-order valence-corrected chi connectivity index (χ0v) is 13.0. The third kappa shape index (κ3) is 4.93. The fraction of sp³-hybridized carbons (Fsp3) is 0.526. The first kappa shape index (κ1) is 15.6. The Kier molecular flexibility index (Phi) is 6.34. The number of hydrogen-bond donors (Lipinski definition) is 0. The molecule has 1 aliphatic carbocycles. The van der Waals surface area contributed by atoms with Crippen molar-refractivity contribution in [2.75, 3.05) is 7.11 Å². The lowest BCUT2D eigenvalue weighted by atomic mass is 9.86. The standard InChI is InChI=1S/C19H25NO/c1-21-19-12-10-16(11-13-19)15-18(9-6-14-20)17-7-4-2-3-5-8-17/h7,10-13,18H,2-6,8-9,15H2,1H3. The molecular weight excluding hydrogens is 258 g/mol. The lowest BCUT2D eigenvalue weighted by Crippen LogP contribution is -2.08. The van der Waals surface area contributed by atoms with Gasteiger partial charge in [-0.05, 0) is 62.1 Å². The summed E-state index contributed by atoms with van der Waals surface area (Å²) in [6.45, 7) is 0. The third-order valence-electron chi connectivity index (χ3n) is 4.35. The number of benzene rings is 1. The summed E-state index contributed by atoms with van der Waals surface area (Å²) in [7, 11) is 1.70. The van der Waals surface area contributed by atoms with Crippen molar-refractivity contribution < 1.29 is 4.74 Å². The number of hydrogen-bond acceptors (Lipinski definition) is 2. The predicted octanol–water partition coefficient (Wildman–Crippen LogP) is 5.05. The summed E-state index contributed by atoms with van der Waals surface area (Å²) in [6.07, 6.45) is 11.5. The molecule has 0 fully saturated rings. The minimum Gasteiger partial charge on any atom is -0.497 e. The zero-order valence-electron chi connectivity index (χ0n) is 13.0. The molecule has 21 heavy (non-hydrogen) atoms. The largest absolute Gasteiger partial charge is 0.497 e. The molecule has 0 saturated heterocycles. The van der Waals surface area contributed by atoms with E-state index in [4.69, 9.17) is 10.00 Å². The molecule has 0 aliphatic heterocycles. The Morgan fingerprint density at radius 3 is 2.71 bits per heavy atom. The Morgan fingerprint density at radius 2 is 2.00 bits per heavy atom. The van der Waals surface area contributed by atoms with Crippen LogP contribution >= 0.6 is 0 Å². The maximum absolute atomic E-state index is 8.92. The molecule has 0 bridgehead atoms. The van der Waals surface area contributed by atoms with E-state index in [1.54, 1.807) is 12.7 Å². The summed E-state index contributed by atoms with van der Waals surface area (Å²) in [5.41, 5.74) is 2.92. The minimum absolute atomic E-state index is 0.524. The van der Waals surface area contributed by atoms with Crippen LogP contribution in [-0.4, -0.2) is 7.11 Å². The molecule has 2 heteroatoms. The van der Waals surface area contributed by atoms with Gasteiger partial charge in [-0.25, -0.2) is 0 Å². The van der Waals surface area contributed by atoms with Gasteiger partial charge in [0.2, 0.25) is 0 Å². The van der Waals surface area contributed by atoms with E-state index < -0.39 is 0 Å². The van der Waals surface area contributed by atoms with E-state index >= 15 is 0 Å². The first-order chi connectivity index (χ1) is 10.3. The quantitative estimate of drug-likeness (QED) is 0.684. The molecule has 1 atom stereocenters. The number of allylic oxidation sites excluding steroid dienone is 2. The van der Waals surface area contributed by atoms with E-state index in [9.17, 15) is 0 Å². The highest BCUT2D eigenvalue weighted by atomic mass is 16.5. The molecule has 1 aromatic carbocycles. The molecule has 0 radical (unpaired) electrons. The number of ether oxygens (including phenoxy) is 1. The highest BCUT2D eigenvalue weighted by Gasteiger charge is 2.16. The number of rotatable bonds is 6. The Balaban J connectivity index is 2.07. The summed E-state index contributed by atoms with van der Waals surface area (Å²) in [5.74, 6) is 1.43. The van der Waals surface area contributed by atoms with Crippen molar-refractivity contribution in [1.29, 1.82) is 5.26 Å². The van der Waals surface area contributed by atoms with Crippen LogP contribution < -0.4 is 4.74 Å². The minimum atomic E-state index is 0.524. The summed E-state index contributed by atoms with van der Waals surface area (Å²) >= 11 is 0. The van der Waals surface area contributed by atoms with Crippen molar-refractivity contribution in [2.24, 2.45) is 5.92 Å². The van der Waals surface area contributed by atoms with Crippen LogP contribution in [0.4, 0.5) is 0 Å². The zero-order chi connectivity index (χ0) is 14.9. The maximum Gasteiger partial charge on any atom is 0.118 e. The molecule has 112 valence electrons. The van der Waals surface area contributed by atoms with Crippen molar-refractivity contribution in [3.63, 3.8) is 0 Å². The smallest absolute Gasteiger partial charge is 0.118 e. The maximum atomic E-state index is 8.92. The molecule has 1 aromatic rings. The predicted molar refractivity (Wildman–Crippen MR) is 86.2 cm³/mol. The molecule has 0 amide bonds. The molecule has 2 rings (SSSR count). The van der Waals surface area contributed by atoms with Gasteiger partial charge >= 0.3 is 0 Å². The van der Waals surface area contributed by atoms with Gasteiger partial charge < -0.3 is 4.74 Å². The van der Waals surface area contributed by atoms with Gasteiger partial charge in [0.25, 0.3) is 0 Å². The van der Waals surface area contributed by atoms with Crippen molar-refractivity contribution >= 4 is 0 Å². The summed E-state index contributed by atoms with van der Waals surface area (Å²) in [4.78, 5) is 0. The van der Waals surface area contributed by atoms with E-state index in [1.807, 2.05) is 12.1 Å². The summed E-state index contributed by atoms with van der Waals surface area (Å²) in [6, 6.07) is 10.7. The molecule has 1 aliphatic rings. The molecule has 2 nitrogen and oxygen atoms in total. The normalized spacial score (nSPS) is 16.5. The highest BCUT2D eigenvalue weighted by Crippen LogP contribution is 2.29. The first-order valence-corrected chi connectivity index (χ1v) is 8.02. The van der Waals surface area contributed by atoms with Gasteiger partial charge in [-0.15, -0.1) is 0 Å². The van der Waals surface area contributed by atoms with Crippen molar-refractivity contribution in [3.8, 4) is 11.8 Å². The second-order valence-electron chi connectivity index (χ2n) is 5.82. The molecule has 0 spiro atoms. The van der Waals surface area contributed by atoms with Crippen LogP contribution in [0.25, 0.3) is 0 Å². The average Bonchev–Trinajstić information content (AvgIpc) is 2.81. The van der Waals surface area contributed by atoms with Gasteiger partial charge in [0, 0.05) is 6.42 Å². The Morgan fingerprint density at radius 1 is 1.19 bits per heavy atom. The van der Waals surface area contributed by atoms with Crippen LogP contribution in [0.1, 0.15) is 50.5 Å². The Bertz CT molecular complexity index is 495. The van der Waals surface area contributed by atoms with E-state index in [0.29, 0.717) is 12.3 Å². The van der Waals surface area contributed by atoms with Gasteiger partial charge in [0.05, 0.1) is 13.2 Å². The molecule has 0 saturated carbocycles. The van der Waals surface area contributed by atoms with E-state index in [0.717, 1.165) is 18.6 Å². The van der Waals surface area contributed by atoms with Crippen molar-refractivity contribution in [2.45, 2.75) is 51.4 Å². The number of nitriles is 1. The van der Waals surface area contributed by atoms with Crippen LogP contribution in [0.15, 0.2) is 35.9 Å². The van der Waals surface area contributed by atoms with Gasteiger partial charge in [-0.2, -0.15) is 5.26 Å². The lowest BCUT2D eigenvalue weighted by molar-refractivity contribution is 0.414. The van der Waals surface area contributed by atoms with Crippen molar-refractivity contribution in [3.05, 3.63) is 41.5 Å². The molecular formula is C19H25NO. The second-order valence-corrected chi connectivity index (χ2v) is 5.82. The topological polar surface area (TPSA) is 33.0 Å². The highest BCUT2D eigenvalue weighted by molar-refractivity contribution is 5.28. The van der Waals surface area contributed by atoms with E-state index in [1.165, 1.54) is 37.7 Å². The lowest BCUT2D eigenvalue weighted by Gasteiger charge is -2.19. The fourth-order valence-corrected chi connectivity index (χ4v) is 3.11. The molecule has 0 N–H and O–H groups in total. The van der Waals surface area contributed by atoms with Crippen LogP contribution in [0.3, 0.4) is 0 Å². The van der Waals surface area contributed by atoms with Crippen LogP contribution in [0, 0.1) is 17.2 Å². The average molecular weight is 283 g/mol. The molecule has 0 aromatic heterocycles. The first-order valence-electron chi connectivity index (χ1n) is 8.02. The van der Waals surface area contributed by atoms with Gasteiger partial charge in [0.1, 0.15) is 5.75 Å². The van der Waals surface area contributed by atoms with Gasteiger partial charge in [0.15, 0.2) is 0 Å². The van der Waals surface area contributed by atoms with Gasteiger partial charge in [-0.1, -0.05) is 30.2 Å². The van der Waals surface area contributed by atoms with Gasteiger partial charge in [-0.3, -0.25) is 0 Å². The summed E-state index contributed by atoms with van der Waals surface area (Å²) < 4.78 is 5.22. The third-order valence-corrected chi connectivity index (χ3v) is 4.35. The molecule has 1 unspecified atom stereocenters.